The van der Waals surface area contributed by atoms with E-state index >= 15 is 0 Å². The van der Waals surface area contributed by atoms with E-state index in [0.29, 0.717) is 12.4 Å². The molecule has 2 rings (SSSR count). The van der Waals surface area contributed by atoms with Crippen LogP contribution in [0.1, 0.15) is 5.56 Å². The van der Waals surface area contributed by atoms with Gasteiger partial charge in [0.25, 0.3) is 0 Å². The SMILES string of the molecule is O=[N+]([O-])c1cccnc1NCc1ccc(I)cc1. The molecule has 0 atom stereocenters. The first-order valence-electron chi connectivity index (χ1n) is 5.24. The van der Waals surface area contributed by atoms with Gasteiger partial charge in [0.05, 0.1) is 4.92 Å². The van der Waals surface area contributed by atoms with Gasteiger partial charge in [0.1, 0.15) is 0 Å². The van der Waals surface area contributed by atoms with Crippen LogP contribution < -0.4 is 5.32 Å². The van der Waals surface area contributed by atoms with E-state index in [9.17, 15) is 10.1 Å². The summed E-state index contributed by atoms with van der Waals surface area (Å²) < 4.78 is 1.15. The van der Waals surface area contributed by atoms with E-state index in [1.165, 1.54) is 12.3 Å². The van der Waals surface area contributed by atoms with Crippen molar-refractivity contribution in [3.05, 3.63) is 61.8 Å². The van der Waals surface area contributed by atoms with Crippen molar-refractivity contribution in [2.45, 2.75) is 6.54 Å². The predicted octanol–water partition coefficient (Wildman–Crippen LogP) is 3.21. The Bertz CT molecular complexity index is 558. The molecule has 0 radical (unpaired) electrons. The third-order valence-corrected chi connectivity index (χ3v) is 3.08. The van der Waals surface area contributed by atoms with Crippen molar-refractivity contribution in [1.82, 2.24) is 4.98 Å². The molecule has 1 aromatic carbocycles. The zero-order valence-corrected chi connectivity index (χ0v) is 11.5. The molecular weight excluding hydrogens is 345 g/mol. The molecule has 0 saturated heterocycles. The zero-order valence-electron chi connectivity index (χ0n) is 9.34. The minimum absolute atomic E-state index is 0.0111. The average Bonchev–Trinajstić information content (AvgIpc) is 2.38. The monoisotopic (exact) mass is 355 g/mol. The van der Waals surface area contributed by atoms with Gasteiger partial charge in [0, 0.05) is 22.4 Å². The summed E-state index contributed by atoms with van der Waals surface area (Å²) in [6.07, 6.45) is 1.53. The van der Waals surface area contributed by atoms with E-state index in [2.05, 4.69) is 32.9 Å². The van der Waals surface area contributed by atoms with Crippen molar-refractivity contribution >= 4 is 34.1 Å². The summed E-state index contributed by atoms with van der Waals surface area (Å²) >= 11 is 2.23. The molecule has 1 aromatic heterocycles. The summed E-state index contributed by atoms with van der Waals surface area (Å²) in [6.45, 7) is 0.509. The lowest BCUT2D eigenvalue weighted by Crippen LogP contribution is -2.04. The van der Waals surface area contributed by atoms with Gasteiger partial charge in [-0.2, -0.15) is 0 Å². The van der Waals surface area contributed by atoms with Crippen molar-refractivity contribution in [2.75, 3.05) is 5.32 Å². The number of nitrogens with one attached hydrogen (secondary N) is 1. The fourth-order valence-electron chi connectivity index (χ4n) is 1.47. The van der Waals surface area contributed by atoms with Crippen LogP contribution in [0.4, 0.5) is 11.5 Å². The van der Waals surface area contributed by atoms with Gasteiger partial charge < -0.3 is 5.32 Å². The van der Waals surface area contributed by atoms with Crippen LogP contribution in [0, 0.1) is 13.7 Å². The van der Waals surface area contributed by atoms with Crippen LogP contribution in [0.2, 0.25) is 0 Å². The van der Waals surface area contributed by atoms with E-state index in [-0.39, 0.29) is 5.69 Å². The number of benzene rings is 1. The van der Waals surface area contributed by atoms with Gasteiger partial charge in [-0.1, -0.05) is 12.1 Å². The highest BCUT2D eigenvalue weighted by Gasteiger charge is 2.13. The first-order chi connectivity index (χ1) is 8.66. The second-order valence-corrected chi connectivity index (χ2v) is 4.85. The van der Waals surface area contributed by atoms with Crippen LogP contribution >= 0.6 is 22.6 Å². The molecule has 0 saturated carbocycles. The number of nitrogens with zero attached hydrogens (tertiary/aromatic N) is 2. The summed E-state index contributed by atoms with van der Waals surface area (Å²) in [7, 11) is 0. The Morgan fingerprint density at radius 3 is 2.67 bits per heavy atom. The van der Waals surface area contributed by atoms with Crippen LogP contribution in [0.3, 0.4) is 0 Å². The lowest BCUT2D eigenvalue weighted by Gasteiger charge is -2.06. The van der Waals surface area contributed by atoms with Crippen LogP contribution in [0.15, 0.2) is 42.6 Å². The highest BCUT2D eigenvalue weighted by atomic mass is 127. The molecule has 0 fully saturated rings. The summed E-state index contributed by atoms with van der Waals surface area (Å²) in [4.78, 5) is 14.3. The molecule has 0 aliphatic carbocycles. The molecule has 92 valence electrons. The first kappa shape index (κ1) is 12.7. The van der Waals surface area contributed by atoms with Crippen molar-refractivity contribution in [1.29, 1.82) is 0 Å². The standard InChI is InChI=1S/C12H10IN3O2/c13-10-5-3-9(4-6-10)8-15-12-11(16(17)18)2-1-7-14-12/h1-7H,8H2,(H,14,15). The summed E-state index contributed by atoms with van der Waals surface area (Å²) in [6, 6.07) is 10.9. The molecule has 1 N–H and O–H groups in total. The van der Waals surface area contributed by atoms with Gasteiger partial charge in [0.15, 0.2) is 0 Å². The number of aromatic nitrogens is 1. The zero-order chi connectivity index (χ0) is 13.0. The number of hydrogen-bond acceptors (Lipinski definition) is 4. The largest absolute Gasteiger partial charge is 0.360 e. The van der Waals surface area contributed by atoms with Crippen molar-refractivity contribution in [3.8, 4) is 0 Å². The minimum atomic E-state index is -0.441. The molecule has 0 spiro atoms. The number of anilines is 1. The molecule has 0 aliphatic rings. The highest BCUT2D eigenvalue weighted by Crippen LogP contribution is 2.20. The third kappa shape index (κ3) is 3.16. The fraction of sp³-hybridized carbons (Fsp3) is 0.0833. The van der Waals surface area contributed by atoms with Crippen LogP contribution in [-0.4, -0.2) is 9.91 Å². The smallest absolute Gasteiger partial charge is 0.311 e. The maximum absolute atomic E-state index is 10.8. The molecule has 1 heterocycles. The second kappa shape index (κ2) is 5.76. The van der Waals surface area contributed by atoms with Crippen LogP contribution in [0.25, 0.3) is 0 Å². The van der Waals surface area contributed by atoms with Crippen LogP contribution in [0.5, 0.6) is 0 Å². The fourth-order valence-corrected chi connectivity index (χ4v) is 1.83. The predicted molar refractivity (Wildman–Crippen MR) is 77.4 cm³/mol. The summed E-state index contributed by atoms with van der Waals surface area (Å²) in [5, 5.41) is 13.8. The molecule has 0 bridgehead atoms. The Balaban J connectivity index is 2.10. The number of halogens is 1. The molecule has 18 heavy (non-hydrogen) atoms. The van der Waals surface area contributed by atoms with Gasteiger partial charge in [-0.15, -0.1) is 0 Å². The Morgan fingerprint density at radius 2 is 2.00 bits per heavy atom. The average molecular weight is 355 g/mol. The van der Waals surface area contributed by atoms with Gasteiger partial charge in [-0.05, 0) is 46.4 Å². The third-order valence-electron chi connectivity index (χ3n) is 2.36. The Kier molecular flexibility index (Phi) is 4.08. The quantitative estimate of drug-likeness (QED) is 0.520. The molecule has 0 aliphatic heterocycles. The van der Waals surface area contributed by atoms with Crippen molar-refractivity contribution in [2.24, 2.45) is 0 Å². The minimum Gasteiger partial charge on any atom is -0.360 e. The second-order valence-electron chi connectivity index (χ2n) is 3.61. The lowest BCUT2D eigenvalue weighted by molar-refractivity contribution is -0.384. The molecule has 6 heteroatoms. The number of pyridine rings is 1. The molecule has 0 amide bonds. The lowest BCUT2D eigenvalue weighted by atomic mass is 10.2. The molecule has 2 aromatic rings. The van der Waals surface area contributed by atoms with E-state index in [1.807, 2.05) is 24.3 Å². The summed E-state index contributed by atoms with van der Waals surface area (Å²) in [5.74, 6) is 0.293. The van der Waals surface area contributed by atoms with Gasteiger partial charge in [-0.3, -0.25) is 10.1 Å². The molecular formula is C12H10IN3O2. The Labute approximate surface area is 118 Å². The molecule has 5 nitrogen and oxygen atoms in total. The van der Waals surface area contributed by atoms with E-state index in [4.69, 9.17) is 0 Å². The van der Waals surface area contributed by atoms with Crippen molar-refractivity contribution < 1.29 is 4.92 Å². The number of hydrogen-bond donors (Lipinski definition) is 1. The first-order valence-corrected chi connectivity index (χ1v) is 6.32. The topological polar surface area (TPSA) is 68.1 Å². The van der Waals surface area contributed by atoms with Gasteiger partial charge in [-0.25, -0.2) is 4.98 Å². The van der Waals surface area contributed by atoms with Crippen molar-refractivity contribution in [3.63, 3.8) is 0 Å². The van der Waals surface area contributed by atoms with E-state index in [0.717, 1.165) is 9.13 Å². The van der Waals surface area contributed by atoms with Gasteiger partial charge in [0.2, 0.25) is 5.82 Å². The Morgan fingerprint density at radius 1 is 1.28 bits per heavy atom. The maximum atomic E-state index is 10.8. The normalized spacial score (nSPS) is 10.1. The van der Waals surface area contributed by atoms with E-state index < -0.39 is 4.92 Å². The number of rotatable bonds is 4. The molecule has 0 unspecified atom stereocenters. The highest BCUT2D eigenvalue weighted by molar-refractivity contribution is 14.1. The van der Waals surface area contributed by atoms with Crippen LogP contribution in [-0.2, 0) is 6.54 Å². The Hall–Kier alpha value is -1.70. The van der Waals surface area contributed by atoms with Gasteiger partial charge >= 0.3 is 5.69 Å². The summed E-state index contributed by atoms with van der Waals surface area (Å²) in [5.41, 5.74) is 1.04. The van der Waals surface area contributed by atoms with E-state index in [1.54, 1.807) is 6.07 Å². The maximum Gasteiger partial charge on any atom is 0.311 e. The number of nitro groups is 1.